The Morgan fingerprint density at radius 3 is 2.47 bits per heavy atom. The zero-order chi connectivity index (χ0) is 13.2. The van der Waals surface area contributed by atoms with E-state index in [9.17, 15) is 9.18 Å². The van der Waals surface area contributed by atoms with Crippen LogP contribution in [0.3, 0.4) is 0 Å². The third-order valence-electron chi connectivity index (χ3n) is 1.94. The summed E-state index contributed by atoms with van der Waals surface area (Å²) in [6.07, 6.45) is -0.585. The van der Waals surface area contributed by atoms with Crippen LogP contribution in [0.1, 0.15) is 20.8 Å². The number of amides is 1. The summed E-state index contributed by atoms with van der Waals surface area (Å²) in [6, 6.07) is 4.48. The highest BCUT2D eigenvalue weighted by Gasteiger charge is 2.22. The molecule has 0 saturated heterocycles. The van der Waals surface area contributed by atoms with Gasteiger partial charge in [-0.15, -0.1) is 0 Å². The van der Waals surface area contributed by atoms with Gasteiger partial charge in [-0.2, -0.15) is 0 Å². The first kappa shape index (κ1) is 14.0. The van der Waals surface area contributed by atoms with Crippen molar-refractivity contribution in [3.63, 3.8) is 0 Å². The molecule has 1 aromatic carbocycles. The van der Waals surface area contributed by atoms with E-state index in [2.05, 4.69) is 15.9 Å². The number of anilines is 1. The zero-order valence-electron chi connectivity index (χ0n) is 10.3. The molecular formula is C12H15BrFNO2. The summed E-state index contributed by atoms with van der Waals surface area (Å²) < 4.78 is 19.4. The molecule has 0 aromatic heterocycles. The van der Waals surface area contributed by atoms with Crippen LogP contribution in [0.15, 0.2) is 22.7 Å². The minimum absolute atomic E-state index is 0.183. The molecule has 0 bridgehead atoms. The summed E-state index contributed by atoms with van der Waals surface area (Å²) in [4.78, 5) is 12.9. The van der Waals surface area contributed by atoms with Crippen molar-refractivity contribution >= 4 is 27.7 Å². The molecule has 0 saturated carbocycles. The third-order valence-corrected chi connectivity index (χ3v) is 2.43. The second-order valence-corrected chi connectivity index (χ2v) is 5.55. The Kier molecular flexibility index (Phi) is 4.14. The lowest BCUT2D eigenvalue weighted by Crippen LogP contribution is -2.34. The molecule has 1 aromatic rings. The number of carbonyl (C=O) groups excluding carboxylic acids is 1. The monoisotopic (exact) mass is 303 g/mol. The SMILES string of the molecule is CN(C(=O)OC(C)(C)C)c1ccc(Br)cc1F. The number of ether oxygens (including phenoxy) is 1. The Balaban J connectivity index is 2.89. The molecule has 0 atom stereocenters. The van der Waals surface area contributed by atoms with E-state index in [-0.39, 0.29) is 5.69 Å². The molecule has 0 spiro atoms. The average Bonchev–Trinajstić information content (AvgIpc) is 2.14. The van der Waals surface area contributed by atoms with Crippen LogP contribution in [0.4, 0.5) is 14.9 Å². The van der Waals surface area contributed by atoms with Gasteiger partial charge in [0.25, 0.3) is 0 Å². The fourth-order valence-electron chi connectivity index (χ4n) is 1.18. The largest absolute Gasteiger partial charge is 0.443 e. The van der Waals surface area contributed by atoms with Gasteiger partial charge in [0.15, 0.2) is 0 Å². The fourth-order valence-corrected chi connectivity index (χ4v) is 1.52. The molecule has 0 fully saturated rings. The summed E-state index contributed by atoms with van der Waals surface area (Å²) in [5, 5.41) is 0. The Bertz CT molecular complexity index is 429. The minimum atomic E-state index is -0.600. The average molecular weight is 304 g/mol. The van der Waals surface area contributed by atoms with Gasteiger partial charge in [-0.3, -0.25) is 4.90 Å². The lowest BCUT2D eigenvalue weighted by Gasteiger charge is -2.24. The highest BCUT2D eigenvalue weighted by atomic mass is 79.9. The van der Waals surface area contributed by atoms with Crippen molar-refractivity contribution in [1.29, 1.82) is 0 Å². The molecule has 0 radical (unpaired) electrons. The normalized spacial score (nSPS) is 11.2. The second-order valence-electron chi connectivity index (χ2n) is 4.64. The Hall–Kier alpha value is -1.10. The maximum Gasteiger partial charge on any atom is 0.414 e. The van der Waals surface area contributed by atoms with Crippen LogP contribution in [-0.4, -0.2) is 18.7 Å². The highest BCUT2D eigenvalue weighted by molar-refractivity contribution is 9.10. The second kappa shape index (κ2) is 5.04. The first-order chi connectivity index (χ1) is 7.70. The van der Waals surface area contributed by atoms with Crippen LogP contribution in [-0.2, 0) is 4.74 Å². The zero-order valence-corrected chi connectivity index (χ0v) is 11.8. The minimum Gasteiger partial charge on any atom is -0.443 e. The van der Waals surface area contributed by atoms with E-state index in [1.807, 2.05) is 0 Å². The molecule has 5 heteroatoms. The maximum atomic E-state index is 13.6. The summed E-state index contributed by atoms with van der Waals surface area (Å²) in [6.45, 7) is 5.28. The number of hydrogen-bond donors (Lipinski definition) is 0. The van der Waals surface area contributed by atoms with Crippen LogP contribution in [0.2, 0.25) is 0 Å². The van der Waals surface area contributed by atoms with Crippen molar-refractivity contribution < 1.29 is 13.9 Å². The Morgan fingerprint density at radius 1 is 1.41 bits per heavy atom. The van der Waals surface area contributed by atoms with E-state index in [0.29, 0.717) is 4.47 Å². The third kappa shape index (κ3) is 4.00. The molecule has 0 unspecified atom stereocenters. The number of rotatable bonds is 1. The molecule has 3 nitrogen and oxygen atoms in total. The van der Waals surface area contributed by atoms with Crippen LogP contribution in [0.5, 0.6) is 0 Å². The Labute approximate surface area is 109 Å². The smallest absolute Gasteiger partial charge is 0.414 e. The fraction of sp³-hybridized carbons (Fsp3) is 0.417. The molecular weight excluding hydrogens is 289 g/mol. The van der Waals surface area contributed by atoms with Crippen molar-refractivity contribution in [2.75, 3.05) is 11.9 Å². The molecule has 1 rings (SSSR count). The molecule has 94 valence electrons. The molecule has 1 amide bonds. The number of carbonyl (C=O) groups is 1. The summed E-state index contributed by atoms with van der Waals surface area (Å²) >= 11 is 3.16. The van der Waals surface area contributed by atoms with Crippen molar-refractivity contribution in [3.05, 3.63) is 28.5 Å². The standard InChI is InChI=1S/C12H15BrFNO2/c1-12(2,3)17-11(16)15(4)10-6-5-8(13)7-9(10)14/h5-7H,1-4H3. The van der Waals surface area contributed by atoms with Gasteiger partial charge in [0.05, 0.1) is 5.69 Å². The van der Waals surface area contributed by atoms with Gasteiger partial charge in [0.2, 0.25) is 0 Å². The summed E-state index contributed by atoms with van der Waals surface area (Å²) in [5.74, 6) is -0.479. The van der Waals surface area contributed by atoms with E-state index in [0.717, 1.165) is 4.90 Å². The predicted octanol–water partition coefficient (Wildman–Crippen LogP) is 3.96. The van der Waals surface area contributed by atoms with Gasteiger partial charge in [0.1, 0.15) is 11.4 Å². The lowest BCUT2D eigenvalue weighted by molar-refractivity contribution is 0.0588. The van der Waals surface area contributed by atoms with Gasteiger partial charge in [-0.1, -0.05) is 15.9 Å². The van der Waals surface area contributed by atoms with E-state index in [4.69, 9.17) is 4.74 Å². The molecule has 17 heavy (non-hydrogen) atoms. The van der Waals surface area contributed by atoms with Gasteiger partial charge in [-0.05, 0) is 39.0 Å². The maximum absolute atomic E-state index is 13.6. The van der Waals surface area contributed by atoms with Crippen LogP contribution >= 0.6 is 15.9 Å². The number of nitrogens with zero attached hydrogens (tertiary/aromatic N) is 1. The summed E-state index contributed by atoms with van der Waals surface area (Å²) in [7, 11) is 1.47. The lowest BCUT2D eigenvalue weighted by atomic mass is 10.2. The molecule has 0 aliphatic rings. The molecule has 0 aliphatic heterocycles. The molecule has 0 aliphatic carbocycles. The van der Waals surface area contributed by atoms with Crippen LogP contribution < -0.4 is 4.90 Å². The van der Waals surface area contributed by atoms with Crippen LogP contribution in [0.25, 0.3) is 0 Å². The predicted molar refractivity (Wildman–Crippen MR) is 68.7 cm³/mol. The first-order valence-electron chi connectivity index (χ1n) is 5.12. The van der Waals surface area contributed by atoms with Gasteiger partial charge in [0, 0.05) is 11.5 Å². The van der Waals surface area contributed by atoms with E-state index < -0.39 is 17.5 Å². The summed E-state index contributed by atoms with van der Waals surface area (Å²) in [5.41, 5.74) is -0.417. The Morgan fingerprint density at radius 2 is 2.00 bits per heavy atom. The van der Waals surface area contributed by atoms with E-state index >= 15 is 0 Å². The number of hydrogen-bond acceptors (Lipinski definition) is 2. The van der Waals surface area contributed by atoms with Crippen molar-refractivity contribution in [1.82, 2.24) is 0 Å². The topological polar surface area (TPSA) is 29.5 Å². The quantitative estimate of drug-likeness (QED) is 0.786. The first-order valence-corrected chi connectivity index (χ1v) is 5.92. The van der Waals surface area contributed by atoms with Crippen LogP contribution in [0, 0.1) is 5.82 Å². The van der Waals surface area contributed by atoms with Crippen molar-refractivity contribution in [2.24, 2.45) is 0 Å². The van der Waals surface area contributed by atoms with Crippen molar-refractivity contribution in [2.45, 2.75) is 26.4 Å². The van der Waals surface area contributed by atoms with E-state index in [1.165, 1.54) is 19.2 Å². The van der Waals surface area contributed by atoms with Crippen molar-refractivity contribution in [3.8, 4) is 0 Å². The number of halogens is 2. The van der Waals surface area contributed by atoms with Gasteiger partial charge in [-0.25, -0.2) is 9.18 Å². The van der Waals surface area contributed by atoms with Gasteiger partial charge >= 0.3 is 6.09 Å². The number of benzene rings is 1. The molecule has 0 N–H and O–H groups in total. The van der Waals surface area contributed by atoms with Gasteiger partial charge < -0.3 is 4.74 Å². The molecule has 0 heterocycles. The highest BCUT2D eigenvalue weighted by Crippen LogP contribution is 2.23. The van der Waals surface area contributed by atoms with E-state index in [1.54, 1.807) is 26.8 Å².